The smallest absolute Gasteiger partial charge is 0.308 e. The second-order valence-corrected chi connectivity index (χ2v) is 6.74. The Hall–Kier alpha value is -2.34. The molecule has 6 nitrogen and oxygen atoms in total. The largest absolute Gasteiger partial charge is 0.427 e. The predicted octanol–water partition coefficient (Wildman–Crippen LogP) is 1.92. The summed E-state index contributed by atoms with van der Waals surface area (Å²) in [4.78, 5) is 29.2. The van der Waals surface area contributed by atoms with E-state index < -0.39 is 0 Å². The van der Waals surface area contributed by atoms with Gasteiger partial charge in [-0.15, -0.1) is 0 Å². The van der Waals surface area contributed by atoms with Gasteiger partial charge in [-0.1, -0.05) is 0 Å². The maximum absolute atomic E-state index is 12.6. The Morgan fingerprint density at radius 2 is 2.04 bits per heavy atom. The van der Waals surface area contributed by atoms with Crippen molar-refractivity contribution in [3.05, 3.63) is 30.0 Å². The second-order valence-electron chi connectivity index (χ2n) is 6.74. The van der Waals surface area contributed by atoms with Crippen molar-refractivity contribution in [2.45, 2.75) is 25.8 Å². The highest BCUT2D eigenvalue weighted by molar-refractivity contribution is 5.98. The molecule has 2 N–H and O–H groups in total. The molecule has 0 radical (unpaired) electrons. The molecule has 3 aliphatic heterocycles. The summed E-state index contributed by atoms with van der Waals surface area (Å²) in [6, 6.07) is 7.34. The number of hydrogen-bond donors (Lipinski definition) is 2. The van der Waals surface area contributed by atoms with Gasteiger partial charge in [-0.3, -0.25) is 9.59 Å². The molecule has 0 spiro atoms. The zero-order valence-corrected chi connectivity index (χ0v) is 13.7. The van der Waals surface area contributed by atoms with Crippen LogP contribution in [0.15, 0.2) is 24.3 Å². The van der Waals surface area contributed by atoms with Gasteiger partial charge in [-0.2, -0.15) is 0 Å². The Morgan fingerprint density at radius 3 is 2.71 bits per heavy atom. The summed E-state index contributed by atoms with van der Waals surface area (Å²) in [5, 5.41) is 4.03. The number of carbonyl (C=O) groups excluding carboxylic acids is 2. The van der Waals surface area contributed by atoms with E-state index >= 15 is 0 Å². The molecule has 2 bridgehead atoms. The number of rotatable bonds is 3. The van der Waals surface area contributed by atoms with Gasteiger partial charge in [0.25, 0.3) is 5.91 Å². The molecule has 0 saturated carbocycles. The van der Waals surface area contributed by atoms with Gasteiger partial charge in [0, 0.05) is 30.4 Å². The van der Waals surface area contributed by atoms with Gasteiger partial charge in [-0.25, -0.2) is 0 Å². The summed E-state index contributed by atoms with van der Waals surface area (Å²) >= 11 is 0. The summed E-state index contributed by atoms with van der Waals surface area (Å²) < 4.78 is 5.09. The first kappa shape index (κ1) is 15.2. The first-order valence-corrected chi connectivity index (χ1v) is 8.43. The lowest BCUT2D eigenvalue weighted by molar-refractivity contribution is -0.131. The summed E-state index contributed by atoms with van der Waals surface area (Å²) in [7, 11) is 0. The molecule has 1 aromatic heterocycles. The van der Waals surface area contributed by atoms with Gasteiger partial charge in [0.2, 0.25) is 0 Å². The second kappa shape index (κ2) is 5.94. The van der Waals surface area contributed by atoms with Gasteiger partial charge < -0.3 is 19.9 Å². The fourth-order valence-electron chi connectivity index (χ4n) is 3.84. The Morgan fingerprint density at radius 1 is 1.25 bits per heavy atom. The molecule has 1 unspecified atom stereocenters. The topological polar surface area (TPSA) is 74.4 Å². The van der Waals surface area contributed by atoms with Crippen molar-refractivity contribution in [3.8, 4) is 5.75 Å². The fraction of sp³-hybridized carbons (Fsp3) is 0.444. The first-order valence-electron chi connectivity index (χ1n) is 8.43. The molecule has 1 amide bonds. The number of benzene rings is 1. The Labute approximate surface area is 140 Å². The van der Waals surface area contributed by atoms with Crippen LogP contribution in [0.5, 0.6) is 5.75 Å². The molecule has 2 aromatic rings. The maximum Gasteiger partial charge on any atom is 0.308 e. The molecule has 3 saturated heterocycles. The van der Waals surface area contributed by atoms with Crippen LogP contribution in [-0.2, 0) is 4.79 Å². The van der Waals surface area contributed by atoms with Crippen LogP contribution in [0.4, 0.5) is 0 Å². The molecular weight excluding hydrogens is 306 g/mol. The molecule has 6 heteroatoms. The average molecular weight is 327 g/mol. The zero-order valence-electron chi connectivity index (χ0n) is 13.7. The number of aromatic nitrogens is 1. The van der Waals surface area contributed by atoms with Gasteiger partial charge in [0.1, 0.15) is 11.4 Å². The van der Waals surface area contributed by atoms with Gasteiger partial charge in [0.05, 0.1) is 0 Å². The van der Waals surface area contributed by atoms with E-state index in [2.05, 4.69) is 15.2 Å². The van der Waals surface area contributed by atoms with Crippen LogP contribution in [0.1, 0.15) is 30.3 Å². The van der Waals surface area contributed by atoms with Crippen LogP contribution in [0.2, 0.25) is 0 Å². The van der Waals surface area contributed by atoms with Crippen molar-refractivity contribution in [1.29, 1.82) is 0 Å². The SMILES string of the molecule is CC(=O)Oc1ccc2[nH]c(C(=O)NC3CN4CCC3CC4)cc2c1. The Kier molecular flexibility index (Phi) is 3.76. The molecule has 1 atom stereocenters. The third-order valence-electron chi connectivity index (χ3n) is 5.07. The first-order chi connectivity index (χ1) is 11.6. The van der Waals surface area contributed by atoms with E-state index in [9.17, 15) is 9.59 Å². The van der Waals surface area contributed by atoms with E-state index in [4.69, 9.17) is 4.74 Å². The number of piperidine rings is 3. The lowest BCUT2D eigenvalue weighted by Gasteiger charge is -2.44. The van der Waals surface area contributed by atoms with Crippen molar-refractivity contribution in [2.75, 3.05) is 19.6 Å². The number of amides is 1. The number of H-pyrrole nitrogens is 1. The molecule has 5 rings (SSSR count). The zero-order chi connectivity index (χ0) is 16.7. The highest BCUT2D eigenvalue weighted by atomic mass is 16.5. The molecular formula is C18H21N3O3. The molecule has 4 heterocycles. The van der Waals surface area contributed by atoms with Crippen molar-refractivity contribution < 1.29 is 14.3 Å². The highest BCUT2D eigenvalue weighted by Gasteiger charge is 2.35. The molecule has 3 fully saturated rings. The van der Waals surface area contributed by atoms with Crippen molar-refractivity contribution >= 4 is 22.8 Å². The molecule has 1 aromatic carbocycles. The third-order valence-corrected chi connectivity index (χ3v) is 5.07. The number of aromatic amines is 1. The van der Waals surface area contributed by atoms with Crippen LogP contribution < -0.4 is 10.1 Å². The Bertz CT molecular complexity index is 790. The van der Waals surface area contributed by atoms with Crippen LogP contribution in [0, 0.1) is 5.92 Å². The van der Waals surface area contributed by atoms with E-state index in [1.54, 1.807) is 18.2 Å². The van der Waals surface area contributed by atoms with Crippen molar-refractivity contribution in [3.63, 3.8) is 0 Å². The minimum Gasteiger partial charge on any atom is -0.427 e. The lowest BCUT2D eigenvalue weighted by Crippen LogP contribution is -2.57. The number of esters is 1. The lowest BCUT2D eigenvalue weighted by atomic mass is 9.84. The van der Waals surface area contributed by atoms with Gasteiger partial charge in [0.15, 0.2) is 0 Å². The fourth-order valence-corrected chi connectivity index (χ4v) is 3.84. The third kappa shape index (κ3) is 2.89. The molecule has 0 aliphatic carbocycles. The van der Waals surface area contributed by atoms with Crippen LogP contribution in [0.25, 0.3) is 10.9 Å². The van der Waals surface area contributed by atoms with Crippen LogP contribution in [0.3, 0.4) is 0 Å². The standard InChI is InChI=1S/C18H21N3O3/c1-11(22)24-14-2-3-15-13(8-14)9-16(19-15)18(23)20-17-10-21-6-4-12(17)5-7-21/h2-3,8-9,12,17,19H,4-7,10H2,1H3,(H,20,23). The summed E-state index contributed by atoms with van der Waals surface area (Å²) in [5.41, 5.74) is 1.39. The average Bonchev–Trinajstić information content (AvgIpc) is 2.99. The van der Waals surface area contributed by atoms with E-state index in [0.29, 0.717) is 17.4 Å². The van der Waals surface area contributed by atoms with E-state index in [0.717, 1.165) is 30.5 Å². The number of hydrogen-bond acceptors (Lipinski definition) is 4. The highest BCUT2D eigenvalue weighted by Crippen LogP contribution is 2.28. The molecule has 126 valence electrons. The monoisotopic (exact) mass is 327 g/mol. The number of fused-ring (bicyclic) bond motifs is 4. The van der Waals surface area contributed by atoms with Gasteiger partial charge >= 0.3 is 5.97 Å². The van der Waals surface area contributed by atoms with E-state index in [-0.39, 0.29) is 17.9 Å². The maximum atomic E-state index is 12.6. The normalized spacial score (nSPS) is 25.6. The van der Waals surface area contributed by atoms with Gasteiger partial charge in [-0.05, 0) is 56.1 Å². The number of ether oxygens (including phenoxy) is 1. The molecule has 24 heavy (non-hydrogen) atoms. The van der Waals surface area contributed by atoms with Crippen molar-refractivity contribution in [1.82, 2.24) is 15.2 Å². The van der Waals surface area contributed by atoms with Crippen LogP contribution in [-0.4, -0.2) is 47.4 Å². The quantitative estimate of drug-likeness (QED) is 0.667. The van der Waals surface area contributed by atoms with Crippen LogP contribution >= 0.6 is 0 Å². The van der Waals surface area contributed by atoms with E-state index in [1.807, 2.05) is 6.07 Å². The minimum absolute atomic E-state index is 0.0704. The number of nitrogens with zero attached hydrogens (tertiary/aromatic N) is 1. The Balaban J connectivity index is 1.50. The molecule has 3 aliphatic rings. The van der Waals surface area contributed by atoms with E-state index in [1.165, 1.54) is 19.8 Å². The summed E-state index contributed by atoms with van der Waals surface area (Å²) in [6.45, 7) is 4.63. The number of nitrogens with one attached hydrogen (secondary N) is 2. The summed E-state index contributed by atoms with van der Waals surface area (Å²) in [6.07, 6.45) is 2.34. The summed E-state index contributed by atoms with van der Waals surface area (Å²) in [5.74, 6) is 0.654. The number of carbonyl (C=O) groups is 2. The van der Waals surface area contributed by atoms with Crippen molar-refractivity contribution in [2.24, 2.45) is 5.92 Å². The minimum atomic E-state index is -0.356. The predicted molar refractivity (Wildman–Crippen MR) is 90.0 cm³/mol.